The zero-order valence-electron chi connectivity index (χ0n) is 10.8. The maximum absolute atomic E-state index is 11.0. The van der Waals surface area contributed by atoms with Gasteiger partial charge in [0.05, 0.1) is 17.6 Å². The lowest BCUT2D eigenvalue weighted by Gasteiger charge is -2.13. The summed E-state index contributed by atoms with van der Waals surface area (Å²) in [5.74, 6) is 1.17. The molecule has 1 aliphatic heterocycles. The SMILES string of the molecule is COCC(C)CNc1cc2c(cc1[N+](=O)[O-])OCO2. The fraction of sp³-hybridized carbons (Fsp3) is 0.500. The Morgan fingerprint density at radius 3 is 2.79 bits per heavy atom. The summed E-state index contributed by atoms with van der Waals surface area (Å²) in [5.41, 5.74) is 0.408. The third-order valence-corrected chi connectivity index (χ3v) is 2.78. The molecule has 1 heterocycles. The highest BCUT2D eigenvalue weighted by Gasteiger charge is 2.23. The van der Waals surface area contributed by atoms with Crippen LogP contribution in [0.3, 0.4) is 0 Å². The summed E-state index contributed by atoms with van der Waals surface area (Å²) in [5, 5.41) is 14.1. The van der Waals surface area contributed by atoms with Gasteiger partial charge in [0.15, 0.2) is 11.5 Å². The van der Waals surface area contributed by atoms with Crippen LogP contribution in [-0.4, -0.2) is 32.0 Å². The molecule has 0 bridgehead atoms. The lowest BCUT2D eigenvalue weighted by molar-refractivity contribution is -0.384. The van der Waals surface area contributed by atoms with E-state index in [0.29, 0.717) is 30.3 Å². The van der Waals surface area contributed by atoms with Crippen molar-refractivity contribution >= 4 is 11.4 Å². The van der Waals surface area contributed by atoms with Gasteiger partial charge in [-0.25, -0.2) is 0 Å². The second-order valence-corrected chi connectivity index (χ2v) is 4.42. The summed E-state index contributed by atoms with van der Waals surface area (Å²) in [6, 6.07) is 2.98. The highest BCUT2D eigenvalue weighted by Crippen LogP contribution is 2.40. The van der Waals surface area contributed by atoms with E-state index in [-0.39, 0.29) is 18.4 Å². The van der Waals surface area contributed by atoms with E-state index < -0.39 is 4.92 Å². The second-order valence-electron chi connectivity index (χ2n) is 4.42. The number of nitrogens with one attached hydrogen (secondary N) is 1. The van der Waals surface area contributed by atoms with Crippen LogP contribution < -0.4 is 14.8 Å². The third-order valence-electron chi connectivity index (χ3n) is 2.78. The van der Waals surface area contributed by atoms with Crippen LogP contribution >= 0.6 is 0 Å². The highest BCUT2D eigenvalue weighted by molar-refractivity contribution is 5.68. The third kappa shape index (κ3) is 3.05. The zero-order valence-corrected chi connectivity index (χ0v) is 10.8. The van der Waals surface area contributed by atoms with Crippen molar-refractivity contribution in [2.75, 3.05) is 32.4 Å². The fourth-order valence-corrected chi connectivity index (χ4v) is 1.85. The summed E-state index contributed by atoms with van der Waals surface area (Å²) in [4.78, 5) is 10.6. The normalized spacial score (nSPS) is 14.2. The average molecular weight is 268 g/mol. The molecule has 19 heavy (non-hydrogen) atoms. The maximum atomic E-state index is 11.0. The summed E-state index contributed by atoms with van der Waals surface area (Å²) in [7, 11) is 1.62. The first kappa shape index (κ1) is 13.4. The van der Waals surface area contributed by atoms with E-state index in [1.54, 1.807) is 13.2 Å². The van der Waals surface area contributed by atoms with E-state index in [1.807, 2.05) is 6.92 Å². The molecule has 0 aromatic heterocycles. The number of fused-ring (bicyclic) bond motifs is 1. The molecule has 2 rings (SSSR count). The molecule has 0 saturated carbocycles. The van der Waals surface area contributed by atoms with E-state index in [0.717, 1.165) is 0 Å². The van der Waals surface area contributed by atoms with Gasteiger partial charge in [0.25, 0.3) is 5.69 Å². The largest absolute Gasteiger partial charge is 0.454 e. The molecule has 1 N–H and O–H groups in total. The van der Waals surface area contributed by atoms with Crippen molar-refractivity contribution in [3.05, 3.63) is 22.2 Å². The summed E-state index contributed by atoms with van der Waals surface area (Å²) in [6.07, 6.45) is 0. The fourth-order valence-electron chi connectivity index (χ4n) is 1.85. The van der Waals surface area contributed by atoms with Gasteiger partial charge < -0.3 is 19.5 Å². The Bertz CT molecular complexity index is 477. The van der Waals surface area contributed by atoms with E-state index in [9.17, 15) is 10.1 Å². The van der Waals surface area contributed by atoms with Gasteiger partial charge in [-0.1, -0.05) is 6.92 Å². The van der Waals surface area contributed by atoms with Gasteiger partial charge in [0.1, 0.15) is 5.69 Å². The Balaban J connectivity index is 2.16. The topological polar surface area (TPSA) is 82.9 Å². The summed E-state index contributed by atoms with van der Waals surface area (Å²) < 4.78 is 15.4. The lowest BCUT2D eigenvalue weighted by atomic mass is 10.2. The number of rotatable bonds is 6. The Labute approximate surface area is 110 Å². The molecule has 0 aliphatic carbocycles. The minimum Gasteiger partial charge on any atom is -0.454 e. The number of hydrogen-bond donors (Lipinski definition) is 1. The van der Waals surface area contributed by atoms with Gasteiger partial charge in [0.2, 0.25) is 6.79 Å². The van der Waals surface area contributed by atoms with Crippen LogP contribution in [0.4, 0.5) is 11.4 Å². The molecule has 1 aromatic rings. The lowest BCUT2D eigenvalue weighted by Crippen LogP contribution is -2.16. The number of methoxy groups -OCH3 is 1. The summed E-state index contributed by atoms with van der Waals surface area (Å²) in [6.45, 7) is 3.25. The molecule has 1 unspecified atom stereocenters. The maximum Gasteiger partial charge on any atom is 0.296 e. The Hall–Kier alpha value is -2.02. The molecule has 0 amide bonds. The number of nitro benzene ring substituents is 1. The Kier molecular flexibility index (Phi) is 4.06. The van der Waals surface area contributed by atoms with Crippen LogP contribution in [0.2, 0.25) is 0 Å². The number of benzene rings is 1. The van der Waals surface area contributed by atoms with Crippen LogP contribution in [-0.2, 0) is 4.74 Å². The molecule has 1 aliphatic rings. The first-order valence-electron chi connectivity index (χ1n) is 5.92. The van der Waals surface area contributed by atoms with E-state index >= 15 is 0 Å². The first-order chi connectivity index (χ1) is 9.11. The van der Waals surface area contributed by atoms with E-state index in [1.165, 1.54) is 6.07 Å². The quantitative estimate of drug-likeness (QED) is 0.627. The van der Waals surface area contributed by atoms with Crippen molar-refractivity contribution < 1.29 is 19.1 Å². The smallest absolute Gasteiger partial charge is 0.296 e. The van der Waals surface area contributed by atoms with Crippen molar-refractivity contribution in [1.82, 2.24) is 0 Å². The molecule has 0 radical (unpaired) electrons. The number of anilines is 1. The highest BCUT2D eigenvalue weighted by atomic mass is 16.7. The van der Waals surface area contributed by atoms with Gasteiger partial charge in [-0.2, -0.15) is 0 Å². The molecule has 1 atom stereocenters. The number of hydrogen-bond acceptors (Lipinski definition) is 6. The minimum atomic E-state index is -0.439. The van der Waals surface area contributed by atoms with Crippen LogP contribution in [0.1, 0.15) is 6.92 Å². The van der Waals surface area contributed by atoms with Crippen LogP contribution in [0.5, 0.6) is 11.5 Å². The summed E-state index contributed by atoms with van der Waals surface area (Å²) >= 11 is 0. The van der Waals surface area contributed by atoms with E-state index in [2.05, 4.69) is 5.32 Å². The molecule has 0 spiro atoms. The van der Waals surface area contributed by atoms with Gasteiger partial charge >= 0.3 is 0 Å². The standard InChI is InChI=1S/C12H16N2O5/c1-8(6-17-2)5-13-9-3-11-12(19-7-18-11)4-10(9)14(15)16/h3-4,8,13H,5-7H2,1-2H3. The molecule has 0 saturated heterocycles. The van der Waals surface area contributed by atoms with Crippen LogP contribution in [0.25, 0.3) is 0 Å². The predicted octanol–water partition coefficient (Wildman–Crippen LogP) is 2.02. The van der Waals surface area contributed by atoms with Crippen LogP contribution in [0, 0.1) is 16.0 Å². The number of nitro groups is 1. The molecular formula is C12H16N2O5. The van der Waals surface area contributed by atoms with Crippen molar-refractivity contribution in [3.63, 3.8) is 0 Å². The zero-order chi connectivity index (χ0) is 13.8. The average Bonchev–Trinajstić information content (AvgIpc) is 2.82. The number of ether oxygens (including phenoxy) is 3. The van der Waals surface area contributed by atoms with Gasteiger partial charge in [-0.3, -0.25) is 10.1 Å². The van der Waals surface area contributed by atoms with Crippen molar-refractivity contribution in [1.29, 1.82) is 0 Å². The van der Waals surface area contributed by atoms with Crippen molar-refractivity contribution in [3.8, 4) is 11.5 Å². The van der Waals surface area contributed by atoms with Crippen LogP contribution in [0.15, 0.2) is 12.1 Å². The molecule has 0 fully saturated rings. The molecule has 7 nitrogen and oxygen atoms in total. The van der Waals surface area contributed by atoms with Gasteiger partial charge in [-0.15, -0.1) is 0 Å². The van der Waals surface area contributed by atoms with Crippen molar-refractivity contribution in [2.45, 2.75) is 6.92 Å². The van der Waals surface area contributed by atoms with Gasteiger partial charge in [0, 0.05) is 19.7 Å². The second kappa shape index (κ2) is 5.75. The number of nitrogens with zero attached hydrogens (tertiary/aromatic N) is 1. The Morgan fingerprint density at radius 2 is 2.16 bits per heavy atom. The first-order valence-corrected chi connectivity index (χ1v) is 5.92. The monoisotopic (exact) mass is 268 g/mol. The van der Waals surface area contributed by atoms with Gasteiger partial charge in [-0.05, 0) is 5.92 Å². The Morgan fingerprint density at radius 1 is 1.47 bits per heavy atom. The van der Waals surface area contributed by atoms with E-state index in [4.69, 9.17) is 14.2 Å². The van der Waals surface area contributed by atoms with Crippen molar-refractivity contribution in [2.24, 2.45) is 5.92 Å². The molecule has 1 aromatic carbocycles. The predicted molar refractivity (Wildman–Crippen MR) is 68.7 cm³/mol. The minimum absolute atomic E-state index is 0.0196. The molecule has 7 heteroatoms. The molecular weight excluding hydrogens is 252 g/mol. The molecule has 104 valence electrons.